The molecule has 48 heavy (non-hydrogen) atoms. The van der Waals surface area contributed by atoms with Gasteiger partial charge in [-0.15, -0.1) is 0 Å². The molecule has 4 saturated carbocycles. The van der Waals surface area contributed by atoms with Gasteiger partial charge in [-0.3, -0.25) is 9.59 Å². The summed E-state index contributed by atoms with van der Waals surface area (Å²) in [6, 6.07) is 7.29. The molecular weight excluding hydrogens is 602 g/mol. The number of fused-ring (bicyclic) bond motifs is 2. The van der Waals surface area contributed by atoms with Gasteiger partial charge in [0.2, 0.25) is 0 Å². The Hall–Kier alpha value is -2.06. The molecule has 5 aliphatic carbocycles. The van der Waals surface area contributed by atoms with Gasteiger partial charge in [0, 0.05) is 35.3 Å². The highest BCUT2D eigenvalue weighted by atomic mass is 16.6. The standard InChI is InChI=1S/C41H59NO6/c1-22(17-30(45)36-38(5,6)48-36)32-27-14-15-31-39(7)19-26(24-11-9-12-25(44)18-24)35(47)37(3,4)34(39)29(42-21-23(2)43)20-41(31)16-10-13-28(33(32)46)40(27,41)8/h9,11-12,18,22-23,26,28-31,34,36,42-45H,10,13-17,19-21H2,1-8H3/t22-,23+,26-,28+,29+,30-,31+,34+,36+,39-,40-,41-/m1/s1. The topological polar surface area (TPSA) is 119 Å². The van der Waals surface area contributed by atoms with E-state index in [-0.39, 0.29) is 69.2 Å². The summed E-state index contributed by atoms with van der Waals surface area (Å²) in [5.74, 6) is 0.667. The molecule has 0 bridgehead atoms. The third kappa shape index (κ3) is 4.73. The molecule has 0 aromatic heterocycles. The lowest BCUT2D eigenvalue weighted by Gasteiger charge is -2.73. The Morgan fingerprint density at radius 1 is 1.02 bits per heavy atom. The number of epoxide rings is 1. The molecule has 4 N–H and O–H groups in total. The van der Waals surface area contributed by atoms with Gasteiger partial charge in [0.15, 0.2) is 5.78 Å². The summed E-state index contributed by atoms with van der Waals surface area (Å²) >= 11 is 0. The van der Waals surface area contributed by atoms with Crippen LogP contribution in [-0.4, -0.2) is 63.4 Å². The van der Waals surface area contributed by atoms with Crippen molar-refractivity contribution in [3.05, 3.63) is 41.0 Å². The maximum atomic E-state index is 14.7. The Morgan fingerprint density at radius 2 is 1.73 bits per heavy atom. The van der Waals surface area contributed by atoms with E-state index < -0.39 is 17.6 Å². The van der Waals surface area contributed by atoms with Crippen molar-refractivity contribution in [3.63, 3.8) is 0 Å². The van der Waals surface area contributed by atoms with Gasteiger partial charge in [-0.05, 0) is 118 Å². The molecule has 1 aromatic rings. The minimum absolute atomic E-state index is 0.00694. The van der Waals surface area contributed by atoms with Crippen LogP contribution in [0.25, 0.3) is 0 Å². The number of aliphatic hydroxyl groups is 2. The van der Waals surface area contributed by atoms with Crippen LogP contribution in [0.5, 0.6) is 5.75 Å². The summed E-state index contributed by atoms with van der Waals surface area (Å²) < 4.78 is 5.79. The molecular formula is C41H59NO6. The summed E-state index contributed by atoms with van der Waals surface area (Å²) in [5, 5.41) is 35.9. The van der Waals surface area contributed by atoms with Gasteiger partial charge in [-0.25, -0.2) is 0 Å². The number of hydrogen-bond donors (Lipinski definition) is 4. The SMILES string of the molecule is C[C@H](O)CN[C@H]1C[C@]23CCC[C@H]4C(=O)C([C@H](C)C[C@@H](O)[C@@H]5OC5(C)C)=C(CC[C@H]2[C@@]2(C)C[C@H](c5cccc(O)c5)C(=O)C(C)(C)[C@H]12)[C@]43C. The molecule has 6 aliphatic rings. The average Bonchev–Trinajstić information content (AvgIpc) is 3.58. The van der Waals surface area contributed by atoms with Gasteiger partial charge < -0.3 is 25.4 Å². The molecule has 1 aromatic carbocycles. The highest BCUT2D eigenvalue weighted by molar-refractivity contribution is 6.02. The van der Waals surface area contributed by atoms with E-state index in [1.807, 2.05) is 32.9 Å². The fourth-order valence-corrected chi connectivity index (χ4v) is 13.4. The first kappa shape index (κ1) is 34.4. The Labute approximate surface area is 287 Å². The summed E-state index contributed by atoms with van der Waals surface area (Å²) in [7, 11) is 0. The van der Waals surface area contributed by atoms with Crippen LogP contribution >= 0.6 is 0 Å². The molecule has 0 amide bonds. The van der Waals surface area contributed by atoms with E-state index in [1.165, 1.54) is 5.57 Å². The number of ketones is 2. The number of aromatic hydroxyl groups is 1. The number of benzene rings is 1. The minimum Gasteiger partial charge on any atom is -0.508 e. The van der Waals surface area contributed by atoms with Crippen LogP contribution in [0.15, 0.2) is 35.4 Å². The molecule has 7 rings (SSSR count). The van der Waals surface area contributed by atoms with Crippen molar-refractivity contribution in [1.29, 1.82) is 0 Å². The van der Waals surface area contributed by atoms with Crippen LogP contribution in [0, 0.1) is 45.3 Å². The van der Waals surface area contributed by atoms with Crippen LogP contribution in [-0.2, 0) is 14.3 Å². The second-order valence-corrected chi connectivity index (χ2v) is 18.5. The van der Waals surface area contributed by atoms with Crippen LogP contribution in [0.3, 0.4) is 0 Å². The highest BCUT2D eigenvalue weighted by Crippen LogP contribution is 2.78. The number of phenols is 1. The minimum atomic E-state index is -0.633. The number of carbonyl (C=O) groups excluding carboxylic acids is 2. The van der Waals surface area contributed by atoms with Crippen molar-refractivity contribution in [2.75, 3.05) is 6.54 Å². The van der Waals surface area contributed by atoms with E-state index in [1.54, 1.807) is 12.1 Å². The van der Waals surface area contributed by atoms with E-state index in [0.29, 0.717) is 31.1 Å². The number of ether oxygens (including phenoxy) is 1. The van der Waals surface area contributed by atoms with Crippen LogP contribution in [0.1, 0.15) is 118 Å². The van der Waals surface area contributed by atoms with Gasteiger partial charge in [0.1, 0.15) is 17.6 Å². The van der Waals surface area contributed by atoms with Crippen LogP contribution < -0.4 is 5.32 Å². The summed E-state index contributed by atoms with van der Waals surface area (Å²) in [4.78, 5) is 29.2. The maximum Gasteiger partial charge on any atom is 0.163 e. The average molecular weight is 662 g/mol. The molecule has 5 fully saturated rings. The van der Waals surface area contributed by atoms with Crippen molar-refractivity contribution < 1.29 is 29.6 Å². The number of Topliss-reactive ketones (excluding diaryl/α,β-unsaturated/α-hetero) is 2. The summed E-state index contributed by atoms with van der Waals surface area (Å²) in [6.07, 6.45) is 5.64. The third-order valence-electron chi connectivity index (χ3n) is 15.0. The van der Waals surface area contributed by atoms with E-state index in [4.69, 9.17) is 4.74 Å². The van der Waals surface area contributed by atoms with Gasteiger partial charge in [-0.2, -0.15) is 0 Å². The van der Waals surface area contributed by atoms with Gasteiger partial charge in [-0.1, -0.05) is 58.7 Å². The number of phenolic OH excluding ortho intramolecular Hbond substituents is 1. The zero-order valence-electron chi connectivity index (χ0n) is 30.4. The Bertz CT molecular complexity index is 1530. The van der Waals surface area contributed by atoms with Crippen molar-refractivity contribution in [2.45, 2.75) is 143 Å². The number of rotatable bonds is 8. The number of allylic oxidation sites excluding steroid dienone is 2. The van der Waals surface area contributed by atoms with Gasteiger partial charge in [0.25, 0.3) is 0 Å². The first-order valence-electron chi connectivity index (χ1n) is 18.8. The van der Waals surface area contributed by atoms with Crippen molar-refractivity contribution in [3.8, 4) is 5.75 Å². The lowest BCUT2D eigenvalue weighted by Crippen LogP contribution is -2.71. The lowest BCUT2D eigenvalue weighted by atomic mass is 9.31. The zero-order chi connectivity index (χ0) is 34.8. The molecule has 0 radical (unpaired) electrons. The Morgan fingerprint density at radius 3 is 2.38 bits per heavy atom. The lowest BCUT2D eigenvalue weighted by molar-refractivity contribution is -0.215. The second-order valence-electron chi connectivity index (χ2n) is 18.5. The summed E-state index contributed by atoms with van der Waals surface area (Å²) in [5.41, 5.74) is 1.62. The Kier molecular flexibility index (Phi) is 8.04. The molecule has 264 valence electrons. The molecule has 0 unspecified atom stereocenters. The van der Waals surface area contributed by atoms with Gasteiger partial charge >= 0.3 is 0 Å². The van der Waals surface area contributed by atoms with E-state index in [9.17, 15) is 24.9 Å². The highest BCUT2D eigenvalue weighted by Gasteiger charge is 2.75. The quantitative estimate of drug-likeness (QED) is 0.235. The second kappa shape index (κ2) is 11.2. The summed E-state index contributed by atoms with van der Waals surface area (Å²) in [6.45, 7) is 17.6. The maximum absolute atomic E-state index is 14.7. The van der Waals surface area contributed by atoms with Crippen LogP contribution in [0.4, 0.5) is 0 Å². The number of nitrogens with one attached hydrogen (secondary N) is 1. The van der Waals surface area contributed by atoms with Crippen molar-refractivity contribution in [1.82, 2.24) is 5.32 Å². The van der Waals surface area contributed by atoms with Crippen LogP contribution in [0.2, 0.25) is 0 Å². The predicted octanol–water partition coefficient (Wildman–Crippen LogP) is 6.49. The fraction of sp³-hybridized carbons (Fsp3) is 0.756. The predicted molar refractivity (Wildman–Crippen MR) is 185 cm³/mol. The molecule has 7 heteroatoms. The van der Waals surface area contributed by atoms with E-state index in [2.05, 4.69) is 39.9 Å². The first-order valence-corrected chi connectivity index (χ1v) is 18.8. The van der Waals surface area contributed by atoms with Gasteiger partial charge in [0.05, 0.1) is 17.8 Å². The first-order chi connectivity index (χ1) is 22.4. The molecule has 7 nitrogen and oxygen atoms in total. The van der Waals surface area contributed by atoms with Crippen molar-refractivity contribution >= 4 is 11.6 Å². The molecule has 1 heterocycles. The molecule has 12 atom stereocenters. The molecule has 1 saturated heterocycles. The van der Waals surface area contributed by atoms with Crippen molar-refractivity contribution in [2.24, 2.45) is 45.3 Å². The molecule has 1 aliphatic heterocycles. The van der Waals surface area contributed by atoms with E-state index in [0.717, 1.165) is 49.7 Å². The van der Waals surface area contributed by atoms with E-state index >= 15 is 0 Å². The largest absolute Gasteiger partial charge is 0.508 e. The fourth-order valence-electron chi connectivity index (χ4n) is 13.4. The normalized spacial score (nSPS) is 42.8. The molecule has 1 spiro atoms. The number of hydrogen-bond acceptors (Lipinski definition) is 7. The number of aliphatic hydroxyl groups excluding tert-OH is 2. The third-order valence-corrected chi connectivity index (χ3v) is 15.0. The monoisotopic (exact) mass is 661 g/mol. The number of carbonyl (C=O) groups is 2. The zero-order valence-corrected chi connectivity index (χ0v) is 30.4. The smallest absolute Gasteiger partial charge is 0.163 e. The Balaban J connectivity index is 1.34.